The molecule has 0 saturated heterocycles. The molecule has 0 amide bonds. The van der Waals surface area contributed by atoms with Gasteiger partial charge >= 0.3 is 5.97 Å². The van der Waals surface area contributed by atoms with Gasteiger partial charge < -0.3 is 9.84 Å². The van der Waals surface area contributed by atoms with E-state index in [0.717, 1.165) is 4.31 Å². The quantitative estimate of drug-likeness (QED) is 0.919. The van der Waals surface area contributed by atoms with E-state index in [9.17, 15) is 18.3 Å². The molecule has 0 aliphatic carbocycles. The van der Waals surface area contributed by atoms with Crippen LogP contribution in [0.5, 0.6) is 0 Å². The molecular weight excluding hydrogens is 330 g/mol. The molecule has 0 saturated carbocycles. The molecule has 3 rings (SSSR count). The summed E-state index contributed by atoms with van der Waals surface area (Å²) in [6.45, 7) is -0.0913. The van der Waals surface area contributed by atoms with Crippen LogP contribution < -0.4 is 0 Å². The van der Waals surface area contributed by atoms with E-state index in [-0.39, 0.29) is 28.5 Å². The minimum atomic E-state index is -4.00. The third kappa shape index (κ3) is 2.52. The fourth-order valence-corrected chi connectivity index (χ4v) is 4.33. The first-order valence-electron chi connectivity index (χ1n) is 7.14. The molecule has 24 heavy (non-hydrogen) atoms. The number of nitrogens with zero attached hydrogens (tertiary/aromatic N) is 1. The van der Waals surface area contributed by atoms with Gasteiger partial charge in [-0.3, -0.25) is 4.31 Å². The lowest BCUT2D eigenvalue weighted by atomic mass is 10.1. The predicted molar refractivity (Wildman–Crippen MR) is 87.2 cm³/mol. The second kappa shape index (κ2) is 6.01. The van der Waals surface area contributed by atoms with Gasteiger partial charge in [0.05, 0.1) is 18.6 Å². The maximum Gasteiger partial charge on any atom is 0.357 e. The number of hydrogen-bond donors (Lipinski definition) is 1. The highest BCUT2D eigenvalue weighted by molar-refractivity contribution is 7.89. The predicted octanol–water partition coefficient (Wildman–Crippen LogP) is 2.29. The van der Waals surface area contributed by atoms with E-state index in [1.165, 1.54) is 19.2 Å². The van der Waals surface area contributed by atoms with Crippen molar-refractivity contribution in [2.24, 2.45) is 0 Å². The smallest absolute Gasteiger partial charge is 0.357 e. The van der Waals surface area contributed by atoms with Crippen LogP contribution in [-0.2, 0) is 26.1 Å². The number of ether oxygens (including phenoxy) is 1. The Bertz CT molecular complexity index is 919. The third-order valence-electron chi connectivity index (χ3n) is 3.74. The van der Waals surface area contributed by atoms with Crippen LogP contribution in [0.15, 0.2) is 65.2 Å². The molecule has 1 aliphatic heterocycles. The van der Waals surface area contributed by atoms with E-state index in [4.69, 9.17) is 4.74 Å². The monoisotopic (exact) mass is 345 g/mol. The molecule has 0 aromatic heterocycles. The Labute approximate surface area is 139 Å². The number of carboxylic acids is 1. The number of fused-ring (bicyclic) bond motifs is 1. The molecule has 0 atom stereocenters. The lowest BCUT2D eigenvalue weighted by Gasteiger charge is -2.31. The van der Waals surface area contributed by atoms with Gasteiger partial charge in [-0.2, -0.15) is 0 Å². The van der Waals surface area contributed by atoms with Crippen molar-refractivity contribution in [2.45, 2.75) is 11.4 Å². The highest BCUT2D eigenvalue weighted by atomic mass is 32.2. The zero-order chi connectivity index (χ0) is 17.3. The number of hydrogen-bond acceptors (Lipinski definition) is 4. The Kier molecular flexibility index (Phi) is 4.02. The number of benzene rings is 2. The molecule has 1 N–H and O–H groups in total. The Balaban J connectivity index is 2.25. The second-order valence-electron chi connectivity index (χ2n) is 5.18. The van der Waals surface area contributed by atoms with Crippen LogP contribution in [0.2, 0.25) is 0 Å². The van der Waals surface area contributed by atoms with Crippen LogP contribution in [0.25, 0.3) is 5.76 Å². The van der Waals surface area contributed by atoms with Gasteiger partial charge in [-0.05, 0) is 17.7 Å². The van der Waals surface area contributed by atoms with E-state index >= 15 is 0 Å². The number of rotatable bonds is 4. The molecule has 0 spiro atoms. The highest BCUT2D eigenvalue weighted by Gasteiger charge is 2.40. The minimum Gasteiger partial charge on any atom is -0.494 e. The first-order valence-corrected chi connectivity index (χ1v) is 8.58. The van der Waals surface area contributed by atoms with Crippen molar-refractivity contribution in [1.82, 2.24) is 4.31 Å². The Morgan fingerprint density at radius 1 is 1.08 bits per heavy atom. The van der Waals surface area contributed by atoms with Crippen molar-refractivity contribution in [2.75, 3.05) is 7.11 Å². The van der Waals surface area contributed by atoms with Gasteiger partial charge in [-0.15, -0.1) is 0 Å². The summed E-state index contributed by atoms with van der Waals surface area (Å²) in [5.41, 5.74) is 0.538. The van der Waals surface area contributed by atoms with E-state index in [1.807, 2.05) is 0 Å². The van der Waals surface area contributed by atoms with Gasteiger partial charge in [-0.25, -0.2) is 13.2 Å². The summed E-state index contributed by atoms with van der Waals surface area (Å²) in [5.74, 6) is -1.33. The summed E-state index contributed by atoms with van der Waals surface area (Å²) >= 11 is 0. The zero-order valence-electron chi connectivity index (χ0n) is 12.8. The van der Waals surface area contributed by atoms with Crippen molar-refractivity contribution in [3.63, 3.8) is 0 Å². The van der Waals surface area contributed by atoms with E-state index in [1.54, 1.807) is 42.5 Å². The van der Waals surface area contributed by atoms with Crippen molar-refractivity contribution in [3.05, 3.63) is 71.4 Å². The number of aliphatic carboxylic acids is 1. The maximum absolute atomic E-state index is 13.0. The molecule has 2 aromatic carbocycles. The van der Waals surface area contributed by atoms with Crippen LogP contribution in [0.3, 0.4) is 0 Å². The van der Waals surface area contributed by atoms with E-state index in [0.29, 0.717) is 5.56 Å². The fraction of sp³-hybridized carbons (Fsp3) is 0.118. The molecule has 0 radical (unpaired) electrons. The number of methoxy groups -OCH3 is 1. The van der Waals surface area contributed by atoms with E-state index in [2.05, 4.69) is 0 Å². The van der Waals surface area contributed by atoms with Gasteiger partial charge in [0.15, 0.2) is 11.5 Å². The molecule has 0 fully saturated rings. The van der Waals surface area contributed by atoms with Crippen LogP contribution in [0, 0.1) is 0 Å². The Morgan fingerprint density at radius 2 is 1.71 bits per heavy atom. The lowest BCUT2D eigenvalue weighted by Crippen LogP contribution is -2.37. The average Bonchev–Trinajstić information content (AvgIpc) is 2.58. The third-order valence-corrected chi connectivity index (χ3v) is 5.54. The number of sulfonamides is 1. The van der Waals surface area contributed by atoms with Crippen molar-refractivity contribution < 1.29 is 23.1 Å². The zero-order valence-corrected chi connectivity index (χ0v) is 13.7. The lowest BCUT2D eigenvalue weighted by molar-refractivity contribution is -0.134. The summed E-state index contributed by atoms with van der Waals surface area (Å²) in [7, 11) is -2.68. The first-order chi connectivity index (χ1) is 11.5. The molecule has 7 heteroatoms. The average molecular weight is 345 g/mol. The Hall–Kier alpha value is -2.80. The van der Waals surface area contributed by atoms with Gasteiger partial charge in [0, 0.05) is 5.56 Å². The standard InChI is InChI=1S/C17H15NO5S/c1-23-16-13-9-5-6-10-14(13)24(21,22)18(15(16)17(19)20)11-12-7-3-2-4-8-12/h2-10H,11H2,1H3,(H,19,20). The molecule has 6 nitrogen and oxygen atoms in total. The molecule has 0 bridgehead atoms. The van der Waals surface area contributed by atoms with Crippen LogP contribution in [-0.4, -0.2) is 30.9 Å². The maximum atomic E-state index is 13.0. The summed E-state index contributed by atoms with van der Waals surface area (Å²) < 4.78 is 32.0. The topological polar surface area (TPSA) is 83.9 Å². The SMILES string of the molecule is COC1=C(C(=O)O)N(Cc2ccccc2)S(=O)(=O)c2ccccc21. The van der Waals surface area contributed by atoms with Crippen molar-refractivity contribution in [3.8, 4) is 0 Å². The highest BCUT2D eigenvalue weighted by Crippen LogP contribution is 2.38. The van der Waals surface area contributed by atoms with Crippen molar-refractivity contribution >= 4 is 21.8 Å². The van der Waals surface area contributed by atoms with E-state index < -0.39 is 16.0 Å². The normalized spacial score (nSPS) is 15.8. The molecule has 2 aromatic rings. The van der Waals surface area contributed by atoms with Gasteiger partial charge in [0.25, 0.3) is 10.0 Å². The summed E-state index contributed by atoms with van der Waals surface area (Å²) in [5, 5.41) is 9.60. The molecule has 1 aliphatic rings. The molecule has 0 unspecified atom stereocenters. The van der Waals surface area contributed by atoms with Gasteiger partial charge in [-0.1, -0.05) is 42.5 Å². The summed E-state index contributed by atoms with van der Waals surface area (Å²) in [6.07, 6.45) is 0. The largest absolute Gasteiger partial charge is 0.494 e. The minimum absolute atomic E-state index is 0.0304. The van der Waals surface area contributed by atoms with Crippen molar-refractivity contribution in [1.29, 1.82) is 0 Å². The van der Waals surface area contributed by atoms with Crippen LogP contribution in [0.4, 0.5) is 0 Å². The van der Waals surface area contributed by atoms with Gasteiger partial charge in [0.2, 0.25) is 0 Å². The molecule has 124 valence electrons. The number of carboxylic acid groups (broad SMARTS) is 1. The summed E-state index contributed by atoms with van der Waals surface area (Å²) in [6, 6.07) is 15.0. The number of carbonyl (C=O) groups is 1. The molecular formula is C17H15NO5S. The first kappa shape index (κ1) is 16.1. The van der Waals surface area contributed by atoms with Crippen LogP contribution in [0.1, 0.15) is 11.1 Å². The van der Waals surface area contributed by atoms with Crippen LogP contribution >= 0.6 is 0 Å². The Morgan fingerprint density at radius 3 is 2.33 bits per heavy atom. The molecule has 1 heterocycles. The summed E-state index contributed by atoms with van der Waals surface area (Å²) in [4.78, 5) is 11.8. The second-order valence-corrected chi connectivity index (χ2v) is 7.01. The fourth-order valence-electron chi connectivity index (χ4n) is 2.68. The van der Waals surface area contributed by atoms with Gasteiger partial charge in [0.1, 0.15) is 0 Å².